The topological polar surface area (TPSA) is 57.3 Å². The summed E-state index contributed by atoms with van der Waals surface area (Å²) in [4.78, 5) is 8.20. The molecule has 1 aliphatic rings. The maximum atomic E-state index is 15.6. The number of halogens is 2. The first kappa shape index (κ1) is 31.4. The van der Waals surface area contributed by atoms with Gasteiger partial charge in [-0.1, -0.05) is 69.3 Å². The number of anilines is 4. The molecule has 8 aromatic rings. The zero-order valence-corrected chi connectivity index (χ0v) is 30.9. The molecular weight excluding hydrogens is 701 g/mol. The van der Waals surface area contributed by atoms with E-state index in [4.69, 9.17) is 8.85 Å². The fraction of sp³-hybridized carbons (Fsp3) is 0.125. The first-order valence-electron chi connectivity index (χ1n) is 19.8. The van der Waals surface area contributed by atoms with Crippen molar-refractivity contribution in [1.29, 1.82) is 5.26 Å². The summed E-state index contributed by atoms with van der Waals surface area (Å²) in [6.07, 6.45) is 1.75. The molecule has 0 bridgehead atoms. The number of ether oxygens (including phenoxy) is 1. The number of aromatic nitrogens is 2. The summed E-state index contributed by atoms with van der Waals surface area (Å²) in [5.41, 5.74) is 5.02. The van der Waals surface area contributed by atoms with Crippen molar-refractivity contribution in [3.8, 4) is 34.5 Å². The average molecular weight is 741 g/mol. The van der Waals surface area contributed by atoms with E-state index in [1.165, 1.54) is 24.3 Å². The van der Waals surface area contributed by atoms with Gasteiger partial charge in [0.15, 0.2) is 0 Å². The van der Waals surface area contributed by atoms with E-state index in [1.807, 2.05) is 89.8 Å². The number of nitriles is 1. The van der Waals surface area contributed by atoms with Gasteiger partial charge in [-0.25, -0.2) is 13.8 Å². The Morgan fingerprint density at radius 3 is 2.29 bits per heavy atom. The minimum absolute atomic E-state index is 0.0319. The van der Waals surface area contributed by atoms with E-state index in [0.29, 0.717) is 39.7 Å². The van der Waals surface area contributed by atoms with Gasteiger partial charge in [-0.3, -0.25) is 4.57 Å². The van der Waals surface area contributed by atoms with E-state index in [2.05, 4.69) is 42.5 Å². The van der Waals surface area contributed by atoms with Crippen molar-refractivity contribution < 1.29 is 17.6 Å². The van der Waals surface area contributed by atoms with Crippen LogP contribution in [0.25, 0.3) is 38.8 Å². The Bertz CT molecular complexity index is 2970. The monoisotopic (exact) mass is 740 g/mol. The van der Waals surface area contributed by atoms with E-state index in [-0.39, 0.29) is 28.9 Å². The molecule has 0 N–H and O–H groups in total. The highest BCUT2D eigenvalue weighted by atomic mass is 19.1. The van der Waals surface area contributed by atoms with E-state index in [9.17, 15) is 5.26 Å². The first-order valence-corrected chi connectivity index (χ1v) is 18.3. The second-order valence-electron chi connectivity index (χ2n) is 14.9. The zero-order valence-electron chi connectivity index (χ0n) is 33.9. The molecular formula is C48H37F2N5O. The molecule has 6 nitrogen and oxygen atoms in total. The Morgan fingerprint density at radius 1 is 0.732 bits per heavy atom. The van der Waals surface area contributed by atoms with Crippen LogP contribution in [0.15, 0.2) is 140 Å². The molecule has 0 amide bonds. The standard InChI is InChI=1S/C48H37F2N5O/c1-30-31(28-51)11-9-13-37(30)32-23-34(53-29-54(47-40(49)14-10-15-41(47)50)45-25-33(48(2,3)4)18-21-43(45)53)26-36(24-32)56-35-19-20-39-38-12-5-6-16-42(38)55(44(39)27-35)46-17-7-8-22-52-46/h5-27H,29H2,1-4H3/i1D3. The summed E-state index contributed by atoms with van der Waals surface area (Å²) in [5.74, 6) is 0.221. The molecule has 0 saturated heterocycles. The highest BCUT2D eigenvalue weighted by Crippen LogP contribution is 2.49. The van der Waals surface area contributed by atoms with E-state index >= 15 is 8.78 Å². The number of fused-ring (bicyclic) bond motifs is 4. The summed E-state index contributed by atoms with van der Waals surface area (Å²) in [7, 11) is 0. The first-order chi connectivity index (χ1) is 28.3. The van der Waals surface area contributed by atoms with Crippen LogP contribution in [0.3, 0.4) is 0 Å². The van der Waals surface area contributed by atoms with Crippen molar-refractivity contribution in [3.05, 3.63) is 168 Å². The molecule has 274 valence electrons. The molecule has 0 aliphatic carbocycles. The van der Waals surface area contributed by atoms with Gasteiger partial charge >= 0.3 is 0 Å². The summed E-state index contributed by atoms with van der Waals surface area (Å²) in [5, 5.41) is 12.1. The lowest BCUT2D eigenvalue weighted by Gasteiger charge is -2.24. The van der Waals surface area contributed by atoms with Crippen LogP contribution in [-0.2, 0) is 5.41 Å². The lowest BCUT2D eigenvalue weighted by Crippen LogP contribution is -2.25. The van der Waals surface area contributed by atoms with Gasteiger partial charge in [0.05, 0.1) is 34.0 Å². The van der Waals surface area contributed by atoms with E-state index < -0.39 is 18.5 Å². The van der Waals surface area contributed by atoms with E-state index in [1.54, 1.807) is 29.3 Å². The molecule has 6 aromatic carbocycles. The fourth-order valence-electron chi connectivity index (χ4n) is 7.61. The van der Waals surface area contributed by atoms with Crippen LogP contribution in [0, 0.1) is 29.8 Å². The van der Waals surface area contributed by atoms with Gasteiger partial charge in [0.2, 0.25) is 0 Å². The van der Waals surface area contributed by atoms with Crippen molar-refractivity contribution in [2.24, 2.45) is 0 Å². The highest BCUT2D eigenvalue weighted by Gasteiger charge is 2.33. The predicted molar refractivity (Wildman–Crippen MR) is 221 cm³/mol. The lowest BCUT2D eigenvalue weighted by atomic mass is 9.86. The Balaban J connectivity index is 1.24. The summed E-state index contributed by atoms with van der Waals surface area (Å²) < 4.78 is 65.4. The molecule has 2 aromatic heterocycles. The third kappa shape index (κ3) is 5.89. The van der Waals surface area contributed by atoms with Crippen molar-refractivity contribution in [2.45, 2.75) is 33.0 Å². The number of rotatable bonds is 6. The van der Waals surface area contributed by atoms with Gasteiger partial charge in [-0.05, 0) is 107 Å². The molecule has 0 radical (unpaired) electrons. The third-order valence-electron chi connectivity index (χ3n) is 10.4. The molecule has 0 atom stereocenters. The molecule has 0 saturated carbocycles. The summed E-state index contributed by atoms with van der Waals surface area (Å²) >= 11 is 0. The average Bonchev–Trinajstić information content (AvgIpc) is 3.75. The van der Waals surface area contributed by atoms with Gasteiger partial charge in [-0.2, -0.15) is 5.26 Å². The van der Waals surface area contributed by atoms with Crippen molar-refractivity contribution in [1.82, 2.24) is 9.55 Å². The SMILES string of the molecule is [2H]C([2H])([2H])c1c(C#N)cccc1-c1cc(Oc2ccc3c4ccccc4n(-c4ccccn4)c3c2)cc(N2CN(c3c(F)cccc3F)c3cc(C(C)(C)C)ccc32)c1. The van der Waals surface area contributed by atoms with Gasteiger partial charge in [0.1, 0.15) is 41.3 Å². The minimum atomic E-state index is -2.62. The quantitative estimate of drug-likeness (QED) is 0.170. The van der Waals surface area contributed by atoms with Gasteiger partial charge in [-0.15, -0.1) is 0 Å². The molecule has 56 heavy (non-hydrogen) atoms. The molecule has 9 rings (SSSR count). The normalized spacial score (nSPS) is 13.7. The smallest absolute Gasteiger partial charge is 0.149 e. The number of para-hydroxylation sites is 2. The number of hydrogen-bond acceptors (Lipinski definition) is 5. The molecule has 0 unspecified atom stereocenters. The third-order valence-corrected chi connectivity index (χ3v) is 10.4. The molecule has 0 spiro atoms. The Kier molecular flexibility index (Phi) is 7.51. The Hall–Kier alpha value is -6.98. The number of benzene rings is 6. The van der Waals surface area contributed by atoms with Crippen molar-refractivity contribution in [2.75, 3.05) is 16.5 Å². The maximum absolute atomic E-state index is 15.6. The molecule has 1 aliphatic heterocycles. The number of hydrogen-bond donors (Lipinski definition) is 0. The van der Waals surface area contributed by atoms with Crippen molar-refractivity contribution >= 4 is 44.6 Å². The van der Waals surface area contributed by atoms with Crippen LogP contribution in [-0.4, -0.2) is 16.2 Å². The summed E-state index contributed by atoms with van der Waals surface area (Å²) in [6.45, 7) is 3.64. The number of pyridine rings is 1. The second kappa shape index (κ2) is 13.4. The second-order valence-corrected chi connectivity index (χ2v) is 14.9. The van der Waals surface area contributed by atoms with Gasteiger partial charge < -0.3 is 14.5 Å². The maximum Gasteiger partial charge on any atom is 0.149 e. The van der Waals surface area contributed by atoms with Crippen LogP contribution < -0.4 is 14.5 Å². The molecule has 0 fully saturated rings. The summed E-state index contributed by atoms with van der Waals surface area (Å²) in [6, 6.07) is 41.7. The van der Waals surface area contributed by atoms with Crippen LogP contribution in [0.5, 0.6) is 11.5 Å². The fourth-order valence-corrected chi connectivity index (χ4v) is 7.61. The highest BCUT2D eigenvalue weighted by molar-refractivity contribution is 6.09. The van der Waals surface area contributed by atoms with Gasteiger partial charge in [0, 0.05) is 38.9 Å². The largest absolute Gasteiger partial charge is 0.457 e. The molecule has 8 heteroatoms. The number of nitrogens with zero attached hydrogens (tertiary/aromatic N) is 5. The van der Waals surface area contributed by atoms with Crippen LogP contribution in [0.1, 0.15) is 41.6 Å². The molecule has 3 heterocycles. The van der Waals surface area contributed by atoms with Crippen LogP contribution >= 0.6 is 0 Å². The Labute approximate surface area is 328 Å². The van der Waals surface area contributed by atoms with Crippen molar-refractivity contribution in [3.63, 3.8) is 0 Å². The Morgan fingerprint density at radius 2 is 1.52 bits per heavy atom. The van der Waals surface area contributed by atoms with Gasteiger partial charge in [0.25, 0.3) is 0 Å². The predicted octanol–water partition coefficient (Wildman–Crippen LogP) is 12.6. The zero-order chi connectivity index (χ0) is 41.2. The minimum Gasteiger partial charge on any atom is -0.457 e. The lowest BCUT2D eigenvalue weighted by molar-refractivity contribution is 0.483. The van der Waals surface area contributed by atoms with E-state index in [0.717, 1.165) is 33.2 Å². The van der Waals surface area contributed by atoms with Crippen LogP contribution in [0.4, 0.5) is 31.5 Å². The van der Waals surface area contributed by atoms with Crippen LogP contribution in [0.2, 0.25) is 0 Å².